The van der Waals surface area contributed by atoms with E-state index in [4.69, 9.17) is 4.74 Å². The van der Waals surface area contributed by atoms with Crippen molar-refractivity contribution >= 4 is 29.6 Å². The monoisotopic (exact) mass is 730 g/mol. The molecule has 5 unspecified atom stereocenters. The number of carboxylic acid groups (broad SMARTS) is 1. The van der Waals surface area contributed by atoms with E-state index in [0.29, 0.717) is 6.54 Å². The minimum Gasteiger partial charge on any atom is -0.480 e. The fraction of sp³-hybridized carbons (Fsp3) is 0.725. The number of carbonyl (C=O) groups is 5. The summed E-state index contributed by atoms with van der Waals surface area (Å²) >= 11 is 0. The lowest BCUT2D eigenvalue weighted by Crippen LogP contribution is -2.59. The molecule has 4 N–H and O–H groups in total. The number of aryl methyl sites for hydroxylation is 1. The summed E-state index contributed by atoms with van der Waals surface area (Å²) in [6, 6.07) is 4.62. The van der Waals surface area contributed by atoms with Crippen LogP contribution >= 0.6 is 0 Å². The minimum atomic E-state index is -1.10. The standard InChI is InChI=1S/C40H67N5O7/c1-13-26(7)36(44(11)39(49)35(24(4)5)43-38(48)34(41-10)23(2)3)32(52-12)22-33(46)45-20-14-15-31(45)27(8)28(9)37(47)42-30(40(50)51)21-29-18-16-25(6)17-19-29/h16-19,23-24,26-28,30-32,34-36,41H,13-15,20-22H2,1-12H3,(H,42,47)(H,43,48)(H,50,51)/t26?,27?,28-,30?,31+,32-,34?,35+,36?/m1/s1. The smallest absolute Gasteiger partial charge is 0.326 e. The molecule has 0 aliphatic carbocycles. The number of rotatable bonds is 20. The van der Waals surface area contributed by atoms with Crippen molar-refractivity contribution in [2.45, 2.75) is 131 Å². The van der Waals surface area contributed by atoms with Gasteiger partial charge in [-0.3, -0.25) is 19.2 Å². The van der Waals surface area contributed by atoms with Gasteiger partial charge in [-0.15, -0.1) is 0 Å². The molecule has 12 heteroatoms. The highest BCUT2D eigenvalue weighted by atomic mass is 16.5. The molecular formula is C40H67N5O7. The Morgan fingerprint density at radius 2 is 1.54 bits per heavy atom. The number of ether oxygens (including phenoxy) is 1. The summed E-state index contributed by atoms with van der Waals surface area (Å²) < 4.78 is 5.99. The van der Waals surface area contributed by atoms with Gasteiger partial charge in [-0.25, -0.2) is 4.79 Å². The third-order valence-corrected chi connectivity index (χ3v) is 11.2. The number of nitrogens with zero attached hydrogens (tertiary/aromatic N) is 2. The number of benzene rings is 1. The van der Waals surface area contributed by atoms with Crippen LogP contribution in [0.4, 0.5) is 0 Å². The number of likely N-dealkylation sites (tertiary alicyclic amines) is 1. The zero-order chi connectivity index (χ0) is 39.4. The van der Waals surface area contributed by atoms with Crippen LogP contribution in [0.5, 0.6) is 0 Å². The second-order valence-corrected chi connectivity index (χ2v) is 15.6. The molecule has 1 fully saturated rings. The number of carbonyl (C=O) groups excluding carboxylic acids is 4. The molecule has 2 rings (SSSR count). The molecule has 1 heterocycles. The van der Waals surface area contributed by atoms with Gasteiger partial charge in [-0.1, -0.05) is 91.6 Å². The number of carboxylic acids is 1. The molecule has 1 aromatic rings. The molecule has 294 valence electrons. The molecule has 1 saturated heterocycles. The van der Waals surface area contributed by atoms with E-state index in [1.165, 1.54) is 0 Å². The van der Waals surface area contributed by atoms with E-state index in [0.717, 1.165) is 30.4 Å². The predicted octanol–water partition coefficient (Wildman–Crippen LogP) is 4.03. The molecule has 0 radical (unpaired) electrons. The maximum absolute atomic E-state index is 14.1. The first-order chi connectivity index (χ1) is 24.4. The van der Waals surface area contributed by atoms with Crippen molar-refractivity contribution in [3.05, 3.63) is 35.4 Å². The van der Waals surface area contributed by atoms with E-state index in [9.17, 15) is 29.1 Å². The highest BCUT2D eigenvalue weighted by Crippen LogP contribution is 2.31. The first kappa shape index (κ1) is 44.7. The second-order valence-electron chi connectivity index (χ2n) is 15.6. The maximum atomic E-state index is 14.1. The summed E-state index contributed by atoms with van der Waals surface area (Å²) in [5.74, 6) is -3.01. The van der Waals surface area contributed by atoms with Crippen LogP contribution in [0.3, 0.4) is 0 Å². The molecule has 1 aromatic carbocycles. The number of methoxy groups -OCH3 is 1. The van der Waals surface area contributed by atoms with Gasteiger partial charge < -0.3 is 35.6 Å². The zero-order valence-corrected chi connectivity index (χ0v) is 33.7. The molecule has 4 amide bonds. The minimum absolute atomic E-state index is 0.0185. The molecule has 52 heavy (non-hydrogen) atoms. The maximum Gasteiger partial charge on any atom is 0.326 e. The van der Waals surface area contributed by atoms with Gasteiger partial charge in [0.2, 0.25) is 23.6 Å². The van der Waals surface area contributed by atoms with Gasteiger partial charge in [0.25, 0.3) is 0 Å². The number of amides is 4. The van der Waals surface area contributed by atoms with E-state index < -0.39 is 42.2 Å². The summed E-state index contributed by atoms with van der Waals surface area (Å²) in [6.45, 7) is 18.0. The van der Waals surface area contributed by atoms with Crippen LogP contribution in [0.2, 0.25) is 0 Å². The fourth-order valence-electron chi connectivity index (χ4n) is 7.45. The Balaban J connectivity index is 2.22. The van der Waals surface area contributed by atoms with Crippen molar-refractivity contribution in [2.75, 3.05) is 27.7 Å². The Hall–Kier alpha value is -3.51. The first-order valence-corrected chi connectivity index (χ1v) is 19.0. The lowest BCUT2D eigenvalue weighted by molar-refractivity contribution is -0.146. The Bertz CT molecular complexity index is 1340. The number of hydrogen-bond acceptors (Lipinski definition) is 7. The largest absolute Gasteiger partial charge is 0.480 e. The van der Waals surface area contributed by atoms with Gasteiger partial charge >= 0.3 is 5.97 Å². The Morgan fingerprint density at radius 1 is 0.942 bits per heavy atom. The van der Waals surface area contributed by atoms with Crippen molar-refractivity contribution in [1.82, 2.24) is 25.8 Å². The first-order valence-electron chi connectivity index (χ1n) is 19.0. The molecule has 12 nitrogen and oxygen atoms in total. The fourth-order valence-corrected chi connectivity index (χ4v) is 7.45. The van der Waals surface area contributed by atoms with E-state index in [2.05, 4.69) is 16.0 Å². The van der Waals surface area contributed by atoms with Gasteiger partial charge in [-0.05, 0) is 56.0 Å². The summed E-state index contributed by atoms with van der Waals surface area (Å²) in [5, 5.41) is 18.7. The molecule has 0 aromatic heterocycles. The van der Waals surface area contributed by atoms with E-state index in [-0.39, 0.29) is 66.2 Å². The van der Waals surface area contributed by atoms with Crippen molar-refractivity contribution in [2.24, 2.45) is 29.6 Å². The molecule has 0 saturated carbocycles. The van der Waals surface area contributed by atoms with E-state index in [1.807, 2.05) is 84.6 Å². The molecular weight excluding hydrogens is 662 g/mol. The van der Waals surface area contributed by atoms with Crippen LogP contribution in [0.25, 0.3) is 0 Å². The topological polar surface area (TPSA) is 157 Å². The molecule has 1 aliphatic rings. The highest BCUT2D eigenvalue weighted by Gasteiger charge is 2.42. The van der Waals surface area contributed by atoms with Crippen molar-refractivity contribution in [1.29, 1.82) is 0 Å². The van der Waals surface area contributed by atoms with Gasteiger partial charge in [0, 0.05) is 39.1 Å². The quantitative estimate of drug-likeness (QED) is 0.157. The van der Waals surface area contributed by atoms with Crippen molar-refractivity contribution in [3.63, 3.8) is 0 Å². The van der Waals surface area contributed by atoms with Gasteiger partial charge in [0.15, 0.2) is 0 Å². The number of aliphatic carboxylic acids is 1. The number of likely N-dealkylation sites (N-methyl/N-ethyl adjacent to an activating group) is 2. The van der Waals surface area contributed by atoms with Crippen LogP contribution in [0.15, 0.2) is 24.3 Å². The second kappa shape index (κ2) is 20.7. The Kier molecular flexibility index (Phi) is 17.7. The normalized spacial score (nSPS) is 19.3. The lowest BCUT2D eigenvalue weighted by atomic mass is 9.86. The molecule has 1 aliphatic heterocycles. The van der Waals surface area contributed by atoms with E-state index >= 15 is 0 Å². The SMILES string of the molecule is CCC(C)C([C@@H](CC(=O)N1CCC[C@H]1C(C)[C@@H](C)C(=O)NC(Cc1ccc(C)cc1)C(=O)O)OC)N(C)C(=O)[C@@H](NC(=O)C(NC)C(C)C)C(C)C. The van der Waals surface area contributed by atoms with Gasteiger partial charge in [0.05, 0.1) is 24.6 Å². The van der Waals surface area contributed by atoms with Crippen LogP contribution in [-0.2, 0) is 35.1 Å². The lowest BCUT2D eigenvalue weighted by Gasteiger charge is -2.41. The Labute approximate surface area is 312 Å². The zero-order valence-electron chi connectivity index (χ0n) is 33.7. The van der Waals surface area contributed by atoms with Crippen molar-refractivity contribution < 1.29 is 33.8 Å². The third kappa shape index (κ3) is 11.7. The molecule has 0 spiro atoms. The number of hydrogen-bond donors (Lipinski definition) is 4. The average molecular weight is 730 g/mol. The highest BCUT2D eigenvalue weighted by molar-refractivity contribution is 5.90. The van der Waals surface area contributed by atoms with Crippen LogP contribution in [-0.4, -0.2) is 109 Å². The van der Waals surface area contributed by atoms with Crippen LogP contribution in [0, 0.1) is 36.5 Å². The number of nitrogens with one attached hydrogen (secondary N) is 3. The Morgan fingerprint density at radius 3 is 2.04 bits per heavy atom. The van der Waals surface area contributed by atoms with Crippen molar-refractivity contribution in [3.8, 4) is 0 Å². The van der Waals surface area contributed by atoms with E-state index in [1.54, 1.807) is 33.0 Å². The summed E-state index contributed by atoms with van der Waals surface area (Å²) in [5.41, 5.74) is 1.89. The van der Waals surface area contributed by atoms with Gasteiger partial charge in [0.1, 0.15) is 12.1 Å². The summed E-state index contributed by atoms with van der Waals surface area (Å²) in [4.78, 5) is 70.4. The third-order valence-electron chi connectivity index (χ3n) is 11.2. The summed E-state index contributed by atoms with van der Waals surface area (Å²) in [6.07, 6.45) is 1.84. The predicted molar refractivity (Wildman–Crippen MR) is 203 cm³/mol. The molecule has 0 bridgehead atoms. The summed E-state index contributed by atoms with van der Waals surface area (Å²) in [7, 11) is 5.00. The average Bonchev–Trinajstić information content (AvgIpc) is 3.60. The van der Waals surface area contributed by atoms with Crippen LogP contribution in [0.1, 0.15) is 92.2 Å². The molecule has 9 atom stereocenters. The van der Waals surface area contributed by atoms with Gasteiger partial charge in [-0.2, -0.15) is 0 Å². The van der Waals surface area contributed by atoms with Crippen LogP contribution < -0.4 is 16.0 Å².